The Morgan fingerprint density at radius 3 is 2.37 bits per heavy atom. The van der Waals surface area contributed by atoms with Crippen LogP contribution in [0.4, 0.5) is 4.39 Å². The lowest BCUT2D eigenvalue weighted by Crippen LogP contribution is -2.46. The van der Waals surface area contributed by atoms with E-state index < -0.39 is 0 Å². The van der Waals surface area contributed by atoms with Gasteiger partial charge in [0.1, 0.15) is 5.82 Å². The van der Waals surface area contributed by atoms with E-state index in [9.17, 15) is 9.18 Å². The van der Waals surface area contributed by atoms with Crippen LogP contribution < -0.4 is 0 Å². The number of hydrogen-bond acceptors (Lipinski definition) is 3. The van der Waals surface area contributed by atoms with Crippen LogP contribution in [0.3, 0.4) is 0 Å². The van der Waals surface area contributed by atoms with Crippen molar-refractivity contribution in [3.05, 3.63) is 82.0 Å². The molecular formula is C30H40FN3O. The number of allylic oxidation sites excluding steroid dienone is 5. The molecule has 0 unspecified atom stereocenters. The monoisotopic (exact) mass is 477 g/mol. The van der Waals surface area contributed by atoms with Gasteiger partial charge in [0.2, 0.25) is 0 Å². The van der Waals surface area contributed by atoms with Gasteiger partial charge in [-0.05, 0) is 69.2 Å². The van der Waals surface area contributed by atoms with Crippen molar-refractivity contribution in [2.45, 2.75) is 59.9 Å². The maximum Gasteiger partial charge on any atom is 0.255 e. The summed E-state index contributed by atoms with van der Waals surface area (Å²) in [6.07, 6.45) is 10.8. The fourth-order valence-electron chi connectivity index (χ4n) is 5.25. The van der Waals surface area contributed by atoms with E-state index in [1.54, 1.807) is 6.07 Å². The van der Waals surface area contributed by atoms with Gasteiger partial charge in [-0.2, -0.15) is 0 Å². The number of hydrogen-bond donors (Lipinski definition) is 0. The van der Waals surface area contributed by atoms with E-state index in [0.29, 0.717) is 12.5 Å². The first kappa shape index (κ1) is 25.6. The number of piperazine rings is 1. The molecule has 2 fully saturated rings. The first-order valence-electron chi connectivity index (χ1n) is 13.1. The number of halogens is 1. The summed E-state index contributed by atoms with van der Waals surface area (Å²) in [5.41, 5.74) is 6.58. The Morgan fingerprint density at radius 1 is 1.06 bits per heavy atom. The first-order valence-corrected chi connectivity index (χ1v) is 13.1. The molecule has 2 aliphatic heterocycles. The molecule has 1 amide bonds. The number of rotatable bonds is 7. The highest BCUT2D eigenvalue weighted by molar-refractivity contribution is 5.92. The van der Waals surface area contributed by atoms with Crippen molar-refractivity contribution in [2.24, 2.45) is 5.92 Å². The zero-order valence-electron chi connectivity index (χ0n) is 21.8. The largest absolute Gasteiger partial charge is 0.297 e. The molecule has 2 heterocycles. The number of nitrogens with zero attached hydrogens (tertiary/aromatic N) is 3. The Kier molecular flexibility index (Phi) is 8.40. The van der Waals surface area contributed by atoms with Crippen LogP contribution in [0, 0.1) is 11.7 Å². The molecule has 1 aliphatic carbocycles. The van der Waals surface area contributed by atoms with Crippen LogP contribution in [0.1, 0.15) is 58.9 Å². The Morgan fingerprint density at radius 2 is 1.74 bits per heavy atom. The molecule has 1 saturated carbocycles. The minimum absolute atomic E-state index is 0.0576. The second kappa shape index (κ2) is 11.5. The summed E-state index contributed by atoms with van der Waals surface area (Å²) >= 11 is 0. The molecule has 5 heteroatoms. The number of benzene rings is 1. The van der Waals surface area contributed by atoms with Crippen LogP contribution in [-0.4, -0.2) is 53.3 Å². The van der Waals surface area contributed by atoms with E-state index in [1.165, 1.54) is 36.5 Å². The van der Waals surface area contributed by atoms with Crippen LogP contribution in [0.25, 0.3) is 0 Å². The zero-order valence-corrected chi connectivity index (χ0v) is 21.8. The molecule has 0 atom stereocenters. The molecule has 0 radical (unpaired) electrons. The maximum atomic E-state index is 14.0. The predicted molar refractivity (Wildman–Crippen MR) is 141 cm³/mol. The summed E-state index contributed by atoms with van der Waals surface area (Å²) in [4.78, 5) is 20.2. The molecule has 35 heavy (non-hydrogen) atoms. The van der Waals surface area contributed by atoms with Gasteiger partial charge in [0, 0.05) is 56.6 Å². The summed E-state index contributed by atoms with van der Waals surface area (Å²) in [6.45, 7) is 13.5. The molecule has 1 aromatic rings. The summed E-state index contributed by atoms with van der Waals surface area (Å²) in [7, 11) is 0. The van der Waals surface area contributed by atoms with Crippen LogP contribution >= 0.6 is 0 Å². The number of carbonyl (C=O) groups excluding carboxylic acids is 1. The Balaban J connectivity index is 1.38. The van der Waals surface area contributed by atoms with E-state index in [-0.39, 0.29) is 11.7 Å². The molecule has 0 aromatic heterocycles. The molecule has 1 saturated heterocycles. The third-order valence-corrected chi connectivity index (χ3v) is 7.71. The van der Waals surface area contributed by atoms with Crippen molar-refractivity contribution in [1.29, 1.82) is 0 Å². The van der Waals surface area contributed by atoms with Crippen molar-refractivity contribution in [2.75, 3.05) is 32.7 Å². The third kappa shape index (κ3) is 6.02. The van der Waals surface area contributed by atoms with Gasteiger partial charge in [-0.3, -0.25) is 19.5 Å². The minimum atomic E-state index is -0.128. The van der Waals surface area contributed by atoms with Crippen molar-refractivity contribution in [3.8, 4) is 0 Å². The minimum Gasteiger partial charge on any atom is -0.297 e. The van der Waals surface area contributed by atoms with Crippen LogP contribution in [0.15, 0.2) is 70.6 Å². The average Bonchev–Trinajstić information content (AvgIpc) is 2.80. The highest BCUT2D eigenvalue weighted by Crippen LogP contribution is 2.42. The quantitative estimate of drug-likeness (QED) is 0.448. The normalized spacial score (nSPS) is 22.0. The second-order valence-electron chi connectivity index (χ2n) is 10.3. The Bertz CT molecular complexity index is 1060. The van der Waals surface area contributed by atoms with Gasteiger partial charge >= 0.3 is 0 Å². The summed E-state index contributed by atoms with van der Waals surface area (Å²) in [5, 5.41) is 0. The van der Waals surface area contributed by atoms with Gasteiger partial charge in [0.25, 0.3) is 5.91 Å². The first-order chi connectivity index (χ1) is 16.9. The molecule has 0 N–H and O–H groups in total. The van der Waals surface area contributed by atoms with Gasteiger partial charge in [0.05, 0.1) is 5.70 Å². The van der Waals surface area contributed by atoms with Crippen LogP contribution in [0.5, 0.6) is 0 Å². The standard InChI is InChI=1S/C30H40FN3O/c1-5-23(3)30-27(25-10-8-11-25)14-13-24(4)34(30)29(35)19-22(2)20-32-15-17-33(18-16-32)21-26-9-6-7-12-28(26)31/h6-7,9,12-14,19,25H,5,8,10-11,15-18,20-21H2,1-4H3/b22-19+,30-23-. The molecule has 0 bridgehead atoms. The van der Waals surface area contributed by atoms with E-state index in [0.717, 1.165) is 61.7 Å². The third-order valence-electron chi connectivity index (χ3n) is 7.71. The number of amides is 1. The summed E-state index contributed by atoms with van der Waals surface area (Å²) in [5.74, 6) is 0.510. The van der Waals surface area contributed by atoms with E-state index in [1.807, 2.05) is 30.0 Å². The van der Waals surface area contributed by atoms with Crippen LogP contribution in [0.2, 0.25) is 0 Å². The van der Waals surface area contributed by atoms with Gasteiger partial charge in [-0.25, -0.2) is 4.39 Å². The molecule has 4 rings (SSSR count). The molecule has 0 spiro atoms. The number of carbonyl (C=O) groups is 1. The van der Waals surface area contributed by atoms with Gasteiger partial charge < -0.3 is 0 Å². The van der Waals surface area contributed by atoms with E-state index >= 15 is 0 Å². The van der Waals surface area contributed by atoms with Gasteiger partial charge in [-0.1, -0.05) is 43.2 Å². The lowest BCUT2D eigenvalue weighted by atomic mass is 9.76. The van der Waals surface area contributed by atoms with E-state index in [4.69, 9.17) is 0 Å². The van der Waals surface area contributed by atoms with Gasteiger partial charge in [0.15, 0.2) is 0 Å². The SMILES string of the molecule is CC/C(C)=C1/C(C2CCC2)=CC=C(C)N1C(=O)/C=C(\C)CN1CCN(Cc2ccccc2F)CC1. The lowest BCUT2D eigenvalue weighted by Gasteiger charge is -2.38. The van der Waals surface area contributed by atoms with Crippen molar-refractivity contribution in [1.82, 2.24) is 14.7 Å². The smallest absolute Gasteiger partial charge is 0.255 e. The van der Waals surface area contributed by atoms with Crippen molar-refractivity contribution in [3.63, 3.8) is 0 Å². The maximum absolute atomic E-state index is 14.0. The lowest BCUT2D eigenvalue weighted by molar-refractivity contribution is -0.122. The van der Waals surface area contributed by atoms with Crippen molar-refractivity contribution >= 4 is 5.91 Å². The molecule has 3 aliphatic rings. The highest BCUT2D eigenvalue weighted by Gasteiger charge is 2.32. The zero-order chi connectivity index (χ0) is 24.9. The fourth-order valence-corrected chi connectivity index (χ4v) is 5.25. The molecule has 1 aromatic carbocycles. The average molecular weight is 478 g/mol. The van der Waals surface area contributed by atoms with Crippen molar-refractivity contribution < 1.29 is 9.18 Å². The Labute approximate surface area is 210 Å². The molecular weight excluding hydrogens is 437 g/mol. The molecule has 4 nitrogen and oxygen atoms in total. The summed E-state index contributed by atoms with van der Waals surface area (Å²) < 4.78 is 14.0. The highest BCUT2D eigenvalue weighted by atomic mass is 19.1. The topological polar surface area (TPSA) is 26.8 Å². The van der Waals surface area contributed by atoms with Crippen LogP contribution in [-0.2, 0) is 11.3 Å². The molecule has 188 valence electrons. The van der Waals surface area contributed by atoms with Gasteiger partial charge in [-0.15, -0.1) is 0 Å². The van der Waals surface area contributed by atoms with E-state index in [2.05, 4.69) is 42.7 Å². The second-order valence-corrected chi connectivity index (χ2v) is 10.3. The predicted octanol–water partition coefficient (Wildman–Crippen LogP) is 6.05. The fraction of sp³-hybridized carbons (Fsp3) is 0.500. The Hall–Kier alpha value is -2.50. The summed E-state index contributed by atoms with van der Waals surface area (Å²) in [6, 6.07) is 7.03.